The van der Waals surface area contributed by atoms with Gasteiger partial charge in [0.1, 0.15) is 6.04 Å². The topological polar surface area (TPSA) is 65.4 Å². The fraction of sp³-hybridized carbons (Fsp3) is 0.714. The summed E-state index contributed by atoms with van der Waals surface area (Å²) in [7, 11) is 0. The van der Waals surface area contributed by atoms with Crippen molar-refractivity contribution >= 4 is 5.97 Å². The first kappa shape index (κ1) is 15.0. The van der Waals surface area contributed by atoms with E-state index in [9.17, 15) is 4.79 Å². The number of aryl methyl sites for hydroxylation is 1. The van der Waals surface area contributed by atoms with E-state index in [-0.39, 0.29) is 12.1 Å². The van der Waals surface area contributed by atoms with Crippen LogP contribution in [0.3, 0.4) is 0 Å². The van der Waals surface area contributed by atoms with Crippen molar-refractivity contribution in [2.75, 3.05) is 19.8 Å². The van der Waals surface area contributed by atoms with Gasteiger partial charge in [-0.2, -0.15) is 5.10 Å². The van der Waals surface area contributed by atoms with Gasteiger partial charge in [0.15, 0.2) is 0 Å². The minimum atomic E-state index is -0.473. The molecule has 2 rings (SSSR count). The van der Waals surface area contributed by atoms with Crippen LogP contribution in [0.4, 0.5) is 0 Å². The molecule has 1 fully saturated rings. The third-order valence-corrected chi connectivity index (χ3v) is 3.41. The van der Waals surface area contributed by atoms with Gasteiger partial charge in [0.2, 0.25) is 0 Å². The average Bonchev–Trinajstić information content (AvgIpc) is 3.10. The van der Waals surface area contributed by atoms with Gasteiger partial charge in [0.05, 0.1) is 18.9 Å². The van der Waals surface area contributed by atoms with Crippen LogP contribution < -0.4 is 5.32 Å². The Bertz CT molecular complexity index is 427. The Hall–Kier alpha value is -1.40. The van der Waals surface area contributed by atoms with Crippen LogP contribution >= 0.6 is 0 Å². The smallest absolute Gasteiger partial charge is 0.327 e. The maximum atomic E-state index is 12.1. The molecule has 0 aliphatic carbocycles. The Labute approximate surface area is 119 Å². The van der Waals surface area contributed by atoms with Crippen molar-refractivity contribution in [1.82, 2.24) is 15.1 Å². The molecule has 20 heavy (non-hydrogen) atoms. The normalized spacial score (nSPS) is 20.0. The maximum absolute atomic E-state index is 12.1. The first-order valence-electron chi connectivity index (χ1n) is 7.28. The van der Waals surface area contributed by atoms with Gasteiger partial charge in [0, 0.05) is 31.5 Å². The minimum absolute atomic E-state index is 0.188. The van der Waals surface area contributed by atoms with E-state index in [4.69, 9.17) is 9.47 Å². The van der Waals surface area contributed by atoms with Gasteiger partial charge < -0.3 is 9.47 Å². The van der Waals surface area contributed by atoms with Crippen molar-refractivity contribution in [1.29, 1.82) is 0 Å². The van der Waals surface area contributed by atoms with Crippen LogP contribution in [0.2, 0.25) is 0 Å². The van der Waals surface area contributed by atoms with Crippen molar-refractivity contribution in [3.05, 3.63) is 18.0 Å². The molecule has 1 N–H and O–H groups in total. The summed E-state index contributed by atoms with van der Waals surface area (Å²) >= 11 is 0. The summed E-state index contributed by atoms with van der Waals surface area (Å²) < 4.78 is 12.5. The lowest BCUT2D eigenvalue weighted by Crippen LogP contribution is -2.35. The van der Waals surface area contributed by atoms with Crippen LogP contribution in [0.1, 0.15) is 38.3 Å². The molecule has 1 aliphatic rings. The Morgan fingerprint density at radius 1 is 1.65 bits per heavy atom. The van der Waals surface area contributed by atoms with Gasteiger partial charge >= 0.3 is 5.97 Å². The second-order valence-corrected chi connectivity index (χ2v) is 4.86. The van der Waals surface area contributed by atoms with E-state index in [1.165, 1.54) is 0 Å². The molecule has 1 aromatic rings. The molecule has 0 saturated carbocycles. The number of ether oxygens (including phenoxy) is 2. The average molecular weight is 281 g/mol. The van der Waals surface area contributed by atoms with Crippen LogP contribution in [0.15, 0.2) is 12.4 Å². The molecule has 0 amide bonds. The Balaban J connectivity index is 2.01. The highest BCUT2D eigenvalue weighted by Crippen LogP contribution is 2.17. The minimum Gasteiger partial charge on any atom is -0.465 e. The lowest BCUT2D eigenvalue weighted by Gasteiger charge is -2.18. The summed E-state index contributed by atoms with van der Waals surface area (Å²) in [6.07, 6.45) is 5.91. The predicted molar refractivity (Wildman–Crippen MR) is 74.3 cm³/mol. The molecule has 2 heterocycles. The first-order valence-corrected chi connectivity index (χ1v) is 7.28. The molecular formula is C14H23N3O3. The second-order valence-electron chi connectivity index (χ2n) is 4.86. The lowest BCUT2D eigenvalue weighted by molar-refractivity contribution is -0.146. The van der Waals surface area contributed by atoms with Crippen molar-refractivity contribution in [3.63, 3.8) is 0 Å². The summed E-state index contributed by atoms with van der Waals surface area (Å²) in [6.45, 7) is 6.44. The van der Waals surface area contributed by atoms with Crippen LogP contribution in [-0.2, 0) is 20.8 Å². The number of rotatable bonds is 7. The number of hydrogen-bond acceptors (Lipinski definition) is 5. The third-order valence-electron chi connectivity index (χ3n) is 3.41. The predicted octanol–water partition coefficient (Wildman–Crippen LogP) is 1.28. The lowest BCUT2D eigenvalue weighted by atomic mass is 10.1. The van der Waals surface area contributed by atoms with E-state index >= 15 is 0 Å². The molecule has 0 radical (unpaired) electrons. The molecule has 0 spiro atoms. The van der Waals surface area contributed by atoms with Gasteiger partial charge in [-0.1, -0.05) is 0 Å². The molecule has 2 atom stereocenters. The van der Waals surface area contributed by atoms with Crippen LogP contribution in [0.5, 0.6) is 0 Å². The van der Waals surface area contributed by atoms with Gasteiger partial charge in [-0.05, 0) is 26.7 Å². The summed E-state index contributed by atoms with van der Waals surface area (Å²) in [5.74, 6) is -0.263. The van der Waals surface area contributed by atoms with Crippen molar-refractivity contribution < 1.29 is 14.3 Å². The van der Waals surface area contributed by atoms with E-state index in [0.717, 1.165) is 31.6 Å². The monoisotopic (exact) mass is 281 g/mol. The zero-order valence-corrected chi connectivity index (χ0v) is 12.2. The standard InChI is InChI=1S/C14H23N3O3/c1-3-17-10-11(8-16-17)13(14(18)19-4-2)15-9-12-6-5-7-20-12/h8,10,12-13,15H,3-7,9H2,1-2H3. The Morgan fingerprint density at radius 3 is 3.10 bits per heavy atom. The highest BCUT2D eigenvalue weighted by Gasteiger charge is 2.25. The van der Waals surface area contributed by atoms with Gasteiger partial charge in [-0.15, -0.1) is 0 Å². The van der Waals surface area contributed by atoms with Crippen molar-refractivity contribution in [2.24, 2.45) is 0 Å². The quantitative estimate of drug-likeness (QED) is 0.763. The highest BCUT2D eigenvalue weighted by molar-refractivity contribution is 5.77. The zero-order chi connectivity index (χ0) is 14.4. The largest absolute Gasteiger partial charge is 0.465 e. The number of nitrogens with zero attached hydrogens (tertiary/aromatic N) is 2. The Morgan fingerprint density at radius 2 is 2.50 bits per heavy atom. The van der Waals surface area contributed by atoms with Crippen LogP contribution in [-0.4, -0.2) is 41.6 Å². The van der Waals surface area contributed by atoms with Crippen molar-refractivity contribution in [2.45, 2.75) is 45.4 Å². The highest BCUT2D eigenvalue weighted by atomic mass is 16.5. The molecule has 6 nitrogen and oxygen atoms in total. The number of carbonyl (C=O) groups excluding carboxylic acids is 1. The molecule has 0 bridgehead atoms. The zero-order valence-electron chi connectivity index (χ0n) is 12.2. The van der Waals surface area contributed by atoms with E-state index < -0.39 is 6.04 Å². The number of nitrogens with one attached hydrogen (secondary N) is 1. The fourth-order valence-electron chi connectivity index (χ4n) is 2.32. The molecule has 6 heteroatoms. The summed E-state index contributed by atoms with van der Waals surface area (Å²) in [5.41, 5.74) is 0.836. The molecule has 0 aromatic carbocycles. The molecule has 2 unspecified atom stereocenters. The van der Waals surface area contributed by atoms with Gasteiger partial charge in [-0.25, -0.2) is 4.79 Å². The number of hydrogen-bond donors (Lipinski definition) is 1. The van der Waals surface area contributed by atoms with Crippen molar-refractivity contribution in [3.8, 4) is 0 Å². The number of aromatic nitrogens is 2. The second kappa shape index (κ2) is 7.40. The van der Waals surface area contributed by atoms with E-state index in [1.54, 1.807) is 10.9 Å². The van der Waals surface area contributed by atoms with E-state index in [0.29, 0.717) is 13.2 Å². The maximum Gasteiger partial charge on any atom is 0.327 e. The molecule has 1 aromatic heterocycles. The summed E-state index contributed by atoms with van der Waals surface area (Å²) in [4.78, 5) is 12.1. The first-order chi connectivity index (χ1) is 9.74. The van der Waals surface area contributed by atoms with E-state index in [2.05, 4.69) is 10.4 Å². The van der Waals surface area contributed by atoms with Gasteiger partial charge in [0.25, 0.3) is 0 Å². The van der Waals surface area contributed by atoms with Crippen LogP contribution in [0.25, 0.3) is 0 Å². The summed E-state index contributed by atoms with van der Waals surface area (Å²) in [6, 6.07) is -0.473. The molecule has 1 saturated heterocycles. The third kappa shape index (κ3) is 3.80. The summed E-state index contributed by atoms with van der Waals surface area (Å²) in [5, 5.41) is 7.46. The van der Waals surface area contributed by atoms with E-state index in [1.807, 2.05) is 20.0 Å². The number of carbonyl (C=O) groups is 1. The fourth-order valence-corrected chi connectivity index (χ4v) is 2.32. The van der Waals surface area contributed by atoms with Gasteiger partial charge in [-0.3, -0.25) is 10.00 Å². The Kier molecular flexibility index (Phi) is 5.55. The molecular weight excluding hydrogens is 258 g/mol. The SMILES string of the molecule is CCOC(=O)C(NCC1CCCO1)c1cnn(CC)c1. The molecule has 1 aliphatic heterocycles. The van der Waals surface area contributed by atoms with Crippen LogP contribution in [0, 0.1) is 0 Å². The number of esters is 1. The molecule has 112 valence electrons.